The predicted octanol–water partition coefficient (Wildman–Crippen LogP) is 0.200. The summed E-state index contributed by atoms with van der Waals surface area (Å²) in [5.41, 5.74) is 0. The SMILES string of the molecule is CC(c1nnnn1C)N1CCCC(n2ccnn2)C1. The molecular weight excluding hydrogens is 244 g/mol. The number of piperidine rings is 1. The van der Waals surface area contributed by atoms with E-state index in [-0.39, 0.29) is 6.04 Å². The fourth-order valence-electron chi connectivity index (χ4n) is 2.72. The van der Waals surface area contributed by atoms with Crippen molar-refractivity contribution in [2.45, 2.75) is 31.8 Å². The lowest BCUT2D eigenvalue weighted by molar-refractivity contribution is 0.122. The van der Waals surface area contributed by atoms with Crippen molar-refractivity contribution in [3.05, 3.63) is 18.2 Å². The Hall–Kier alpha value is -1.83. The molecule has 0 bridgehead atoms. The van der Waals surface area contributed by atoms with Gasteiger partial charge in [-0.1, -0.05) is 5.21 Å². The molecule has 1 aliphatic rings. The minimum atomic E-state index is 0.214. The normalized spacial score (nSPS) is 22.5. The number of hydrogen-bond donors (Lipinski definition) is 0. The smallest absolute Gasteiger partial charge is 0.167 e. The highest BCUT2D eigenvalue weighted by Gasteiger charge is 2.27. The molecule has 3 rings (SSSR count). The van der Waals surface area contributed by atoms with Crippen LogP contribution in [0.25, 0.3) is 0 Å². The van der Waals surface area contributed by atoms with Gasteiger partial charge in [0.2, 0.25) is 0 Å². The van der Waals surface area contributed by atoms with Crippen molar-refractivity contribution in [1.29, 1.82) is 0 Å². The number of tetrazole rings is 1. The van der Waals surface area contributed by atoms with E-state index in [0.29, 0.717) is 6.04 Å². The van der Waals surface area contributed by atoms with Gasteiger partial charge in [0.25, 0.3) is 0 Å². The Morgan fingerprint density at radius 1 is 1.37 bits per heavy atom. The lowest BCUT2D eigenvalue weighted by Crippen LogP contribution is -2.39. The van der Waals surface area contributed by atoms with Crippen molar-refractivity contribution in [1.82, 2.24) is 40.1 Å². The van der Waals surface area contributed by atoms with E-state index in [1.807, 2.05) is 17.9 Å². The second-order valence-corrected chi connectivity index (χ2v) is 5.01. The van der Waals surface area contributed by atoms with E-state index in [1.54, 1.807) is 10.9 Å². The molecule has 0 aliphatic carbocycles. The Morgan fingerprint density at radius 2 is 2.26 bits per heavy atom. The largest absolute Gasteiger partial charge is 0.291 e. The quantitative estimate of drug-likeness (QED) is 0.786. The minimum absolute atomic E-state index is 0.214. The zero-order valence-electron chi connectivity index (χ0n) is 11.2. The van der Waals surface area contributed by atoms with Crippen LogP contribution in [0.1, 0.15) is 37.7 Å². The summed E-state index contributed by atoms with van der Waals surface area (Å²) in [5.74, 6) is 0.902. The molecule has 8 heteroatoms. The van der Waals surface area contributed by atoms with Crippen LogP contribution in [0.5, 0.6) is 0 Å². The van der Waals surface area contributed by atoms with Gasteiger partial charge < -0.3 is 0 Å². The van der Waals surface area contributed by atoms with Crippen LogP contribution in [-0.4, -0.2) is 53.2 Å². The number of nitrogens with zero attached hydrogens (tertiary/aromatic N) is 8. The van der Waals surface area contributed by atoms with E-state index in [0.717, 1.165) is 31.8 Å². The molecule has 0 N–H and O–H groups in total. The maximum atomic E-state index is 4.11. The van der Waals surface area contributed by atoms with Gasteiger partial charge in [0, 0.05) is 19.8 Å². The molecule has 0 spiro atoms. The van der Waals surface area contributed by atoms with Crippen LogP contribution in [0, 0.1) is 0 Å². The van der Waals surface area contributed by atoms with Crippen molar-refractivity contribution < 1.29 is 0 Å². The van der Waals surface area contributed by atoms with Gasteiger partial charge in [-0.05, 0) is 36.7 Å². The maximum Gasteiger partial charge on any atom is 0.167 e. The lowest BCUT2D eigenvalue weighted by atomic mass is 10.0. The van der Waals surface area contributed by atoms with Crippen LogP contribution >= 0.6 is 0 Å². The molecule has 1 fully saturated rings. The van der Waals surface area contributed by atoms with E-state index in [1.165, 1.54) is 0 Å². The highest BCUT2D eigenvalue weighted by molar-refractivity contribution is 4.92. The molecule has 0 aromatic carbocycles. The average Bonchev–Trinajstić information content (AvgIpc) is 3.09. The Labute approximate surface area is 111 Å². The zero-order chi connectivity index (χ0) is 13.2. The highest BCUT2D eigenvalue weighted by atomic mass is 15.5. The lowest BCUT2D eigenvalue weighted by Gasteiger charge is -2.35. The first-order valence-electron chi connectivity index (χ1n) is 6.58. The Balaban J connectivity index is 1.73. The third kappa shape index (κ3) is 2.35. The summed E-state index contributed by atoms with van der Waals surface area (Å²) in [5, 5.41) is 19.7. The van der Waals surface area contributed by atoms with E-state index in [4.69, 9.17) is 0 Å². The number of aromatic nitrogens is 7. The fourth-order valence-corrected chi connectivity index (χ4v) is 2.72. The summed E-state index contributed by atoms with van der Waals surface area (Å²) < 4.78 is 3.69. The van der Waals surface area contributed by atoms with Crippen LogP contribution in [-0.2, 0) is 7.05 Å². The second-order valence-electron chi connectivity index (χ2n) is 5.01. The Morgan fingerprint density at radius 3 is 2.95 bits per heavy atom. The van der Waals surface area contributed by atoms with Gasteiger partial charge in [-0.2, -0.15) is 0 Å². The van der Waals surface area contributed by atoms with Crippen molar-refractivity contribution in [2.24, 2.45) is 7.05 Å². The molecule has 3 heterocycles. The van der Waals surface area contributed by atoms with E-state index >= 15 is 0 Å². The molecule has 2 atom stereocenters. The summed E-state index contributed by atoms with van der Waals surface area (Å²) in [6.07, 6.45) is 5.96. The number of aryl methyl sites for hydroxylation is 1. The first-order valence-corrected chi connectivity index (χ1v) is 6.58. The molecule has 0 amide bonds. The standard InChI is InChI=1S/C11H18N8/c1-9(11-13-14-16-17(11)2)18-6-3-4-10(8-18)19-7-5-12-15-19/h5,7,9-10H,3-4,6,8H2,1-2H3. The zero-order valence-corrected chi connectivity index (χ0v) is 11.2. The van der Waals surface area contributed by atoms with Crippen LogP contribution in [0.2, 0.25) is 0 Å². The summed E-state index contributed by atoms with van der Waals surface area (Å²) >= 11 is 0. The predicted molar refractivity (Wildman–Crippen MR) is 67.1 cm³/mol. The van der Waals surface area contributed by atoms with Gasteiger partial charge >= 0.3 is 0 Å². The Kier molecular flexibility index (Phi) is 3.24. The Bertz CT molecular complexity index is 519. The first-order chi connectivity index (χ1) is 9.25. The van der Waals surface area contributed by atoms with Crippen molar-refractivity contribution in [3.63, 3.8) is 0 Å². The molecule has 2 aromatic heterocycles. The average molecular weight is 262 g/mol. The van der Waals surface area contributed by atoms with Gasteiger partial charge in [-0.3, -0.25) is 4.90 Å². The van der Waals surface area contributed by atoms with Gasteiger partial charge in [0.05, 0.1) is 18.3 Å². The molecule has 102 valence electrons. The second kappa shape index (κ2) is 5.04. The minimum Gasteiger partial charge on any atom is -0.291 e. The van der Waals surface area contributed by atoms with E-state index < -0.39 is 0 Å². The maximum absolute atomic E-state index is 4.11. The topological polar surface area (TPSA) is 77.5 Å². The molecular formula is C11H18N8. The van der Waals surface area contributed by atoms with E-state index in [9.17, 15) is 0 Å². The summed E-state index contributed by atoms with van der Waals surface area (Å²) in [6, 6.07) is 0.603. The molecule has 2 unspecified atom stereocenters. The number of hydrogen-bond acceptors (Lipinski definition) is 6. The number of likely N-dealkylation sites (tertiary alicyclic amines) is 1. The van der Waals surface area contributed by atoms with Crippen LogP contribution in [0.4, 0.5) is 0 Å². The first kappa shape index (κ1) is 12.2. The summed E-state index contributed by atoms with van der Waals surface area (Å²) in [7, 11) is 1.88. The molecule has 0 saturated carbocycles. The molecule has 0 radical (unpaired) electrons. The van der Waals surface area contributed by atoms with Gasteiger partial charge in [-0.25, -0.2) is 9.36 Å². The van der Waals surface area contributed by atoms with Crippen molar-refractivity contribution in [2.75, 3.05) is 13.1 Å². The molecule has 19 heavy (non-hydrogen) atoms. The summed E-state index contributed by atoms with van der Waals surface area (Å²) in [4.78, 5) is 2.40. The molecule has 1 aliphatic heterocycles. The van der Waals surface area contributed by atoms with Crippen LogP contribution < -0.4 is 0 Å². The molecule has 2 aromatic rings. The van der Waals surface area contributed by atoms with Gasteiger partial charge in [0.1, 0.15) is 0 Å². The molecule has 8 nitrogen and oxygen atoms in total. The van der Waals surface area contributed by atoms with E-state index in [2.05, 4.69) is 37.7 Å². The van der Waals surface area contributed by atoms with Crippen LogP contribution in [0.15, 0.2) is 12.4 Å². The third-order valence-corrected chi connectivity index (χ3v) is 3.82. The van der Waals surface area contributed by atoms with Gasteiger partial charge in [0.15, 0.2) is 5.82 Å². The number of rotatable bonds is 3. The fraction of sp³-hybridized carbons (Fsp3) is 0.727. The van der Waals surface area contributed by atoms with Crippen molar-refractivity contribution >= 4 is 0 Å². The van der Waals surface area contributed by atoms with Crippen LogP contribution in [0.3, 0.4) is 0 Å². The highest BCUT2D eigenvalue weighted by Crippen LogP contribution is 2.26. The third-order valence-electron chi connectivity index (χ3n) is 3.82. The van der Waals surface area contributed by atoms with Gasteiger partial charge in [-0.15, -0.1) is 10.2 Å². The monoisotopic (exact) mass is 262 g/mol. The summed E-state index contributed by atoms with van der Waals surface area (Å²) in [6.45, 7) is 4.17. The molecule has 1 saturated heterocycles. The van der Waals surface area contributed by atoms with Crippen molar-refractivity contribution in [3.8, 4) is 0 Å².